The highest BCUT2D eigenvalue weighted by Crippen LogP contribution is 2.28. The van der Waals surface area contributed by atoms with Crippen molar-refractivity contribution in [1.82, 2.24) is 19.3 Å². The van der Waals surface area contributed by atoms with Crippen LogP contribution in [0.2, 0.25) is 0 Å². The van der Waals surface area contributed by atoms with Gasteiger partial charge in [-0.15, -0.1) is 0 Å². The largest absolute Gasteiger partial charge is 0.494 e. The van der Waals surface area contributed by atoms with E-state index in [9.17, 15) is 9.90 Å². The SMILES string of the molecule is CCCn1c(O)c(/C=N/c2cc(C(C)(C)C)nn2-c2ccccc2)c(=O)[nH]c1=S. The summed E-state index contributed by atoms with van der Waals surface area (Å²) in [5, 5.41) is 15.2. The van der Waals surface area contributed by atoms with Gasteiger partial charge in [0.15, 0.2) is 10.6 Å². The monoisotopic (exact) mass is 411 g/mol. The summed E-state index contributed by atoms with van der Waals surface area (Å²) in [5.74, 6) is 0.371. The molecule has 152 valence electrons. The molecule has 0 saturated carbocycles. The Morgan fingerprint density at radius 2 is 1.97 bits per heavy atom. The van der Waals surface area contributed by atoms with Crippen LogP contribution in [0.25, 0.3) is 5.69 Å². The second-order valence-electron chi connectivity index (χ2n) is 7.79. The van der Waals surface area contributed by atoms with Crippen molar-refractivity contribution in [3.05, 3.63) is 62.8 Å². The molecule has 0 atom stereocenters. The van der Waals surface area contributed by atoms with Crippen molar-refractivity contribution in [3.63, 3.8) is 0 Å². The van der Waals surface area contributed by atoms with E-state index in [4.69, 9.17) is 17.3 Å². The Kier molecular flexibility index (Phi) is 5.83. The van der Waals surface area contributed by atoms with E-state index < -0.39 is 5.56 Å². The predicted molar refractivity (Wildman–Crippen MR) is 117 cm³/mol. The van der Waals surface area contributed by atoms with Gasteiger partial charge in [0.25, 0.3) is 5.56 Å². The number of hydrogen-bond acceptors (Lipinski definition) is 5. The van der Waals surface area contributed by atoms with Crippen LogP contribution in [0.3, 0.4) is 0 Å². The van der Waals surface area contributed by atoms with Gasteiger partial charge < -0.3 is 5.11 Å². The van der Waals surface area contributed by atoms with Gasteiger partial charge in [-0.05, 0) is 30.8 Å². The Morgan fingerprint density at radius 3 is 2.59 bits per heavy atom. The molecule has 0 amide bonds. The fourth-order valence-electron chi connectivity index (χ4n) is 2.84. The third-order valence-corrected chi connectivity index (χ3v) is 4.76. The normalized spacial score (nSPS) is 12.0. The summed E-state index contributed by atoms with van der Waals surface area (Å²) < 4.78 is 3.41. The van der Waals surface area contributed by atoms with Crippen LogP contribution in [0.4, 0.5) is 5.82 Å². The topological polar surface area (TPSA) is 88.2 Å². The number of aliphatic imine (C=N–C) groups is 1. The minimum atomic E-state index is -0.481. The molecule has 0 aliphatic rings. The van der Waals surface area contributed by atoms with E-state index in [1.54, 1.807) is 4.68 Å². The van der Waals surface area contributed by atoms with Crippen LogP contribution in [0.1, 0.15) is 45.4 Å². The van der Waals surface area contributed by atoms with E-state index in [-0.39, 0.29) is 21.6 Å². The second-order valence-corrected chi connectivity index (χ2v) is 8.18. The fourth-order valence-corrected chi connectivity index (χ4v) is 3.11. The Labute approximate surface area is 174 Å². The lowest BCUT2D eigenvalue weighted by Crippen LogP contribution is -2.18. The molecule has 8 heteroatoms. The molecule has 0 radical (unpaired) electrons. The molecule has 29 heavy (non-hydrogen) atoms. The summed E-state index contributed by atoms with van der Waals surface area (Å²) in [6, 6.07) is 11.5. The highest BCUT2D eigenvalue weighted by atomic mass is 32.1. The van der Waals surface area contributed by atoms with E-state index in [0.29, 0.717) is 12.4 Å². The molecular formula is C21H25N5O2S. The number of hydrogen-bond donors (Lipinski definition) is 2. The molecule has 3 rings (SSSR count). The van der Waals surface area contributed by atoms with Crippen LogP contribution < -0.4 is 5.56 Å². The number of aromatic nitrogens is 4. The number of aromatic amines is 1. The Bertz CT molecular complexity index is 1150. The van der Waals surface area contributed by atoms with Gasteiger partial charge in [-0.3, -0.25) is 14.3 Å². The standard InChI is InChI=1S/C21H25N5O2S/c1-5-11-25-19(28)15(18(27)23-20(25)29)13-22-17-12-16(21(2,3)4)24-26(17)14-9-7-6-8-10-14/h6-10,12-13,28H,5,11H2,1-4H3,(H,23,27,29)/b22-13+. The van der Waals surface area contributed by atoms with Gasteiger partial charge in [0.2, 0.25) is 5.88 Å². The summed E-state index contributed by atoms with van der Waals surface area (Å²) >= 11 is 5.15. The van der Waals surface area contributed by atoms with Crippen molar-refractivity contribution in [1.29, 1.82) is 0 Å². The van der Waals surface area contributed by atoms with Crippen molar-refractivity contribution in [2.75, 3.05) is 0 Å². The van der Waals surface area contributed by atoms with Crippen LogP contribution in [0.5, 0.6) is 5.88 Å². The maximum atomic E-state index is 12.3. The molecule has 0 aliphatic heterocycles. The number of benzene rings is 1. The smallest absolute Gasteiger partial charge is 0.264 e. The summed E-state index contributed by atoms with van der Waals surface area (Å²) in [4.78, 5) is 19.4. The van der Waals surface area contributed by atoms with Gasteiger partial charge in [-0.25, -0.2) is 9.67 Å². The van der Waals surface area contributed by atoms with Crippen molar-refractivity contribution < 1.29 is 5.11 Å². The molecule has 0 saturated heterocycles. The van der Waals surface area contributed by atoms with Crippen molar-refractivity contribution >= 4 is 24.3 Å². The third-order valence-electron chi connectivity index (χ3n) is 4.44. The summed E-state index contributed by atoms with van der Waals surface area (Å²) in [7, 11) is 0. The van der Waals surface area contributed by atoms with Crippen molar-refractivity contribution in [2.24, 2.45) is 4.99 Å². The van der Waals surface area contributed by atoms with Crippen LogP contribution in [-0.2, 0) is 12.0 Å². The van der Waals surface area contributed by atoms with Gasteiger partial charge in [0.05, 0.1) is 11.4 Å². The van der Waals surface area contributed by atoms with Crippen molar-refractivity contribution in [3.8, 4) is 11.6 Å². The molecule has 0 spiro atoms. The summed E-state index contributed by atoms with van der Waals surface area (Å²) in [6.45, 7) is 8.69. The van der Waals surface area contributed by atoms with Crippen LogP contribution >= 0.6 is 12.2 Å². The molecule has 0 unspecified atom stereocenters. The first kappa shape index (κ1) is 20.7. The van der Waals surface area contributed by atoms with Crippen LogP contribution in [0.15, 0.2) is 46.2 Å². The fraction of sp³-hybridized carbons (Fsp3) is 0.333. The zero-order valence-corrected chi connectivity index (χ0v) is 17.8. The minimum Gasteiger partial charge on any atom is -0.494 e. The summed E-state index contributed by atoms with van der Waals surface area (Å²) in [6.07, 6.45) is 2.12. The molecule has 7 nitrogen and oxygen atoms in total. The third kappa shape index (κ3) is 4.37. The molecule has 0 fully saturated rings. The predicted octanol–water partition coefficient (Wildman–Crippen LogP) is 4.26. The van der Waals surface area contributed by atoms with Crippen LogP contribution in [0, 0.1) is 4.77 Å². The molecule has 2 heterocycles. The molecular weight excluding hydrogens is 386 g/mol. The summed E-state index contributed by atoms with van der Waals surface area (Å²) in [5.41, 5.74) is 1.14. The van der Waals surface area contributed by atoms with Gasteiger partial charge in [0, 0.05) is 24.2 Å². The first-order valence-corrected chi connectivity index (χ1v) is 9.89. The zero-order chi connectivity index (χ0) is 21.2. The molecule has 2 N–H and O–H groups in total. The zero-order valence-electron chi connectivity index (χ0n) is 17.0. The quantitative estimate of drug-likeness (QED) is 0.485. The highest BCUT2D eigenvalue weighted by Gasteiger charge is 2.20. The first-order valence-electron chi connectivity index (χ1n) is 9.48. The molecule has 1 aromatic carbocycles. The molecule has 2 aromatic heterocycles. The maximum Gasteiger partial charge on any atom is 0.264 e. The molecule has 3 aromatic rings. The number of rotatable bonds is 5. The lowest BCUT2D eigenvalue weighted by molar-refractivity contribution is 0.402. The van der Waals surface area contributed by atoms with E-state index >= 15 is 0 Å². The number of para-hydroxylation sites is 1. The van der Waals surface area contributed by atoms with Crippen molar-refractivity contribution in [2.45, 2.75) is 46.1 Å². The van der Waals surface area contributed by atoms with Gasteiger partial charge in [-0.1, -0.05) is 45.9 Å². The van der Waals surface area contributed by atoms with E-state index in [2.05, 4.69) is 30.7 Å². The Hall–Kier alpha value is -3.00. The Morgan fingerprint density at radius 1 is 1.28 bits per heavy atom. The lowest BCUT2D eigenvalue weighted by Gasteiger charge is -2.14. The average Bonchev–Trinajstić information content (AvgIpc) is 3.10. The van der Waals surface area contributed by atoms with E-state index in [1.807, 2.05) is 43.3 Å². The number of aromatic hydroxyl groups is 1. The first-order chi connectivity index (χ1) is 13.7. The second kappa shape index (κ2) is 8.16. The lowest BCUT2D eigenvalue weighted by atomic mass is 9.92. The van der Waals surface area contributed by atoms with E-state index in [0.717, 1.165) is 17.8 Å². The Balaban J connectivity index is 2.12. The van der Waals surface area contributed by atoms with Gasteiger partial charge in [0.1, 0.15) is 5.56 Å². The van der Waals surface area contributed by atoms with Gasteiger partial charge in [-0.2, -0.15) is 5.10 Å². The minimum absolute atomic E-state index is 0.0603. The number of H-pyrrole nitrogens is 1. The molecule has 0 bridgehead atoms. The number of nitrogens with zero attached hydrogens (tertiary/aromatic N) is 4. The molecule has 0 aliphatic carbocycles. The highest BCUT2D eigenvalue weighted by molar-refractivity contribution is 7.71. The van der Waals surface area contributed by atoms with Crippen LogP contribution in [-0.4, -0.2) is 30.7 Å². The van der Waals surface area contributed by atoms with E-state index in [1.165, 1.54) is 10.8 Å². The maximum absolute atomic E-state index is 12.3. The number of nitrogens with one attached hydrogen (secondary N) is 1. The average molecular weight is 412 g/mol. The van der Waals surface area contributed by atoms with Gasteiger partial charge >= 0.3 is 0 Å².